The second-order valence-electron chi connectivity index (χ2n) is 8.74. The van der Waals surface area contributed by atoms with Crippen LogP contribution in [0.5, 0.6) is 0 Å². The standard InChI is InChI=1S/C23H29NO2/c1-22(2,3)20(25)24(21(26)23(4,5)6)19-15-11-10-14-18(19)16-17-12-8-7-9-13-17/h7-15H,16H2,1-6H3. The van der Waals surface area contributed by atoms with Crippen molar-refractivity contribution in [1.82, 2.24) is 0 Å². The third-order valence-electron chi connectivity index (χ3n) is 4.16. The maximum atomic E-state index is 13.2. The second kappa shape index (κ2) is 7.45. The van der Waals surface area contributed by atoms with Gasteiger partial charge in [-0.05, 0) is 23.6 Å². The van der Waals surface area contributed by atoms with Crippen LogP contribution in [0.4, 0.5) is 5.69 Å². The van der Waals surface area contributed by atoms with Crippen molar-refractivity contribution in [3.8, 4) is 0 Å². The van der Waals surface area contributed by atoms with Crippen LogP contribution < -0.4 is 4.90 Å². The van der Waals surface area contributed by atoms with Crippen LogP contribution in [-0.4, -0.2) is 11.8 Å². The molecule has 0 aromatic heterocycles. The highest BCUT2D eigenvalue weighted by atomic mass is 16.2. The minimum absolute atomic E-state index is 0.182. The van der Waals surface area contributed by atoms with Crippen LogP contribution in [0.2, 0.25) is 0 Å². The average molecular weight is 351 g/mol. The molecule has 3 nitrogen and oxygen atoms in total. The van der Waals surface area contributed by atoms with Gasteiger partial charge in [-0.15, -0.1) is 0 Å². The fraction of sp³-hybridized carbons (Fsp3) is 0.391. The molecule has 0 aliphatic heterocycles. The van der Waals surface area contributed by atoms with Gasteiger partial charge >= 0.3 is 0 Å². The van der Waals surface area contributed by atoms with Crippen LogP contribution >= 0.6 is 0 Å². The first-order valence-corrected chi connectivity index (χ1v) is 9.02. The topological polar surface area (TPSA) is 37.4 Å². The fourth-order valence-electron chi connectivity index (χ4n) is 2.68. The van der Waals surface area contributed by atoms with Gasteiger partial charge in [0.1, 0.15) is 0 Å². The summed E-state index contributed by atoms with van der Waals surface area (Å²) in [6, 6.07) is 17.8. The molecular formula is C23H29NO2. The Labute approximate surface area is 157 Å². The molecule has 0 saturated carbocycles. The summed E-state index contributed by atoms with van der Waals surface area (Å²) in [7, 11) is 0. The van der Waals surface area contributed by atoms with Crippen LogP contribution in [0.3, 0.4) is 0 Å². The van der Waals surface area contributed by atoms with Crippen LogP contribution in [-0.2, 0) is 16.0 Å². The number of carbonyl (C=O) groups is 2. The van der Waals surface area contributed by atoms with Crippen molar-refractivity contribution in [1.29, 1.82) is 0 Å². The van der Waals surface area contributed by atoms with E-state index in [9.17, 15) is 9.59 Å². The Balaban J connectivity index is 2.55. The zero-order valence-corrected chi connectivity index (χ0v) is 16.7. The third kappa shape index (κ3) is 4.60. The van der Waals surface area contributed by atoms with Crippen LogP contribution in [0.15, 0.2) is 54.6 Å². The number of para-hydroxylation sites is 1. The monoisotopic (exact) mass is 351 g/mol. The quantitative estimate of drug-likeness (QED) is 0.759. The van der Waals surface area contributed by atoms with Gasteiger partial charge in [0.25, 0.3) is 0 Å². The molecule has 2 amide bonds. The first kappa shape index (κ1) is 19.9. The van der Waals surface area contributed by atoms with E-state index in [1.165, 1.54) is 4.90 Å². The Morgan fingerprint density at radius 1 is 0.731 bits per heavy atom. The number of hydrogen-bond donors (Lipinski definition) is 0. The smallest absolute Gasteiger partial charge is 0.239 e. The molecule has 2 rings (SSSR count). The number of hydrogen-bond acceptors (Lipinski definition) is 2. The van der Waals surface area contributed by atoms with Crippen molar-refractivity contribution in [3.63, 3.8) is 0 Å². The first-order chi connectivity index (χ1) is 12.0. The minimum atomic E-state index is -0.652. The van der Waals surface area contributed by atoms with E-state index in [1.807, 2.05) is 84.0 Å². The van der Waals surface area contributed by atoms with Gasteiger partial charge in [-0.1, -0.05) is 90.1 Å². The number of amides is 2. The summed E-state index contributed by atoms with van der Waals surface area (Å²) in [4.78, 5) is 27.7. The predicted molar refractivity (Wildman–Crippen MR) is 107 cm³/mol. The van der Waals surface area contributed by atoms with Crippen molar-refractivity contribution in [2.45, 2.75) is 48.0 Å². The lowest BCUT2D eigenvalue weighted by molar-refractivity contribution is -0.134. The third-order valence-corrected chi connectivity index (χ3v) is 4.16. The van der Waals surface area contributed by atoms with E-state index in [0.29, 0.717) is 12.1 Å². The van der Waals surface area contributed by atoms with Crippen molar-refractivity contribution < 1.29 is 9.59 Å². The number of carbonyl (C=O) groups excluding carboxylic acids is 2. The molecule has 0 fully saturated rings. The van der Waals surface area contributed by atoms with Crippen molar-refractivity contribution in [2.24, 2.45) is 10.8 Å². The van der Waals surface area contributed by atoms with Crippen LogP contribution in [0.25, 0.3) is 0 Å². The fourth-order valence-corrected chi connectivity index (χ4v) is 2.68. The van der Waals surface area contributed by atoms with E-state index in [-0.39, 0.29) is 11.8 Å². The molecule has 3 heteroatoms. The Morgan fingerprint density at radius 3 is 1.69 bits per heavy atom. The maximum absolute atomic E-state index is 13.2. The predicted octanol–water partition coefficient (Wildman–Crippen LogP) is 5.23. The normalized spacial score (nSPS) is 11.9. The Morgan fingerprint density at radius 2 is 1.19 bits per heavy atom. The summed E-state index contributed by atoms with van der Waals surface area (Å²) in [5.41, 5.74) is 1.48. The van der Waals surface area contributed by atoms with Gasteiger partial charge in [-0.3, -0.25) is 9.59 Å². The highest BCUT2D eigenvalue weighted by Gasteiger charge is 2.38. The lowest BCUT2D eigenvalue weighted by Gasteiger charge is -2.33. The number of anilines is 1. The molecule has 0 unspecified atom stereocenters. The largest absolute Gasteiger partial charge is 0.273 e. The zero-order chi connectivity index (χ0) is 19.5. The van der Waals surface area contributed by atoms with Gasteiger partial charge in [0.2, 0.25) is 11.8 Å². The first-order valence-electron chi connectivity index (χ1n) is 9.02. The highest BCUT2D eigenvalue weighted by Crippen LogP contribution is 2.32. The lowest BCUT2D eigenvalue weighted by Crippen LogP contribution is -2.48. The molecule has 2 aromatic carbocycles. The molecule has 0 N–H and O–H groups in total. The Bertz CT molecular complexity index is 754. The highest BCUT2D eigenvalue weighted by molar-refractivity contribution is 6.18. The van der Waals surface area contributed by atoms with E-state index in [4.69, 9.17) is 0 Å². The minimum Gasteiger partial charge on any atom is -0.273 e. The summed E-state index contributed by atoms with van der Waals surface area (Å²) >= 11 is 0. The van der Waals surface area contributed by atoms with Crippen molar-refractivity contribution >= 4 is 17.5 Å². The van der Waals surface area contributed by atoms with Crippen molar-refractivity contribution in [2.75, 3.05) is 4.90 Å². The molecule has 0 bridgehead atoms. The molecule has 2 aromatic rings. The van der Waals surface area contributed by atoms with Gasteiger partial charge in [-0.2, -0.15) is 0 Å². The molecule has 0 spiro atoms. The average Bonchev–Trinajstić information content (AvgIpc) is 2.55. The van der Waals surface area contributed by atoms with Gasteiger partial charge in [0.05, 0.1) is 5.69 Å². The SMILES string of the molecule is CC(C)(C)C(=O)N(C(=O)C(C)(C)C)c1ccccc1Cc1ccccc1. The number of nitrogens with zero attached hydrogens (tertiary/aromatic N) is 1. The van der Waals surface area contributed by atoms with Crippen LogP contribution in [0, 0.1) is 10.8 Å². The molecule has 0 saturated heterocycles. The second-order valence-corrected chi connectivity index (χ2v) is 8.74. The van der Waals surface area contributed by atoms with Gasteiger partial charge in [-0.25, -0.2) is 4.90 Å². The molecule has 0 radical (unpaired) electrons. The summed E-state index contributed by atoms with van der Waals surface area (Å²) in [6.07, 6.45) is 0.669. The molecule has 26 heavy (non-hydrogen) atoms. The number of imide groups is 1. The van der Waals surface area contributed by atoms with Gasteiger partial charge in [0.15, 0.2) is 0 Å². The van der Waals surface area contributed by atoms with Gasteiger partial charge in [0, 0.05) is 10.8 Å². The van der Waals surface area contributed by atoms with E-state index >= 15 is 0 Å². The van der Waals surface area contributed by atoms with E-state index < -0.39 is 10.8 Å². The maximum Gasteiger partial charge on any atom is 0.239 e. The molecule has 138 valence electrons. The molecule has 0 aliphatic rings. The molecule has 0 atom stereocenters. The summed E-state index contributed by atoms with van der Waals surface area (Å²) in [5.74, 6) is -0.365. The summed E-state index contributed by atoms with van der Waals surface area (Å²) < 4.78 is 0. The zero-order valence-electron chi connectivity index (χ0n) is 16.7. The van der Waals surface area contributed by atoms with E-state index in [0.717, 1.165) is 11.1 Å². The Kier molecular flexibility index (Phi) is 5.70. The molecule has 0 aliphatic carbocycles. The molecule has 0 heterocycles. The van der Waals surface area contributed by atoms with Crippen molar-refractivity contribution in [3.05, 3.63) is 65.7 Å². The number of benzene rings is 2. The van der Waals surface area contributed by atoms with Gasteiger partial charge < -0.3 is 0 Å². The number of rotatable bonds is 3. The lowest BCUT2D eigenvalue weighted by atomic mass is 9.89. The van der Waals surface area contributed by atoms with E-state index in [2.05, 4.69) is 12.1 Å². The Hall–Kier alpha value is -2.42. The molecular weight excluding hydrogens is 322 g/mol. The summed E-state index contributed by atoms with van der Waals surface area (Å²) in [6.45, 7) is 11.1. The van der Waals surface area contributed by atoms with E-state index in [1.54, 1.807) is 0 Å². The summed E-state index contributed by atoms with van der Waals surface area (Å²) in [5, 5.41) is 0. The van der Waals surface area contributed by atoms with Crippen LogP contribution in [0.1, 0.15) is 52.7 Å².